The molecule has 0 aromatic rings. The van der Waals surface area contributed by atoms with E-state index in [1.165, 1.54) is 51.4 Å². The molecule has 0 aromatic carbocycles. The molecule has 5 nitrogen and oxygen atoms in total. The number of esters is 2. The number of hydrogen-bond acceptors (Lipinski definition) is 5. The van der Waals surface area contributed by atoms with Crippen LogP contribution < -0.4 is 0 Å². The summed E-state index contributed by atoms with van der Waals surface area (Å²) >= 11 is 0. The normalized spacial score (nSPS) is 13.0. The van der Waals surface area contributed by atoms with Crippen LogP contribution in [0.25, 0.3) is 0 Å². The molecule has 0 amide bonds. The lowest BCUT2D eigenvalue weighted by molar-refractivity contribution is -0.163. The van der Waals surface area contributed by atoms with Gasteiger partial charge in [0.05, 0.1) is 6.61 Å². The predicted molar refractivity (Wildman–Crippen MR) is 233 cm³/mol. The maximum atomic E-state index is 12.7. The first-order valence-corrected chi connectivity index (χ1v) is 22.1. The lowest BCUT2D eigenvalue weighted by atomic mass is 10.1. The zero-order chi connectivity index (χ0) is 39.3. The van der Waals surface area contributed by atoms with Crippen LogP contribution in [0.3, 0.4) is 0 Å². The van der Waals surface area contributed by atoms with Gasteiger partial charge in [0.1, 0.15) is 6.61 Å². The fourth-order valence-electron chi connectivity index (χ4n) is 5.70. The molecule has 0 fully saturated rings. The zero-order valence-electron chi connectivity index (χ0n) is 35.2. The summed E-state index contributed by atoms with van der Waals surface area (Å²) < 4.78 is 17.2. The first-order chi connectivity index (χ1) is 26.6. The van der Waals surface area contributed by atoms with E-state index in [2.05, 4.69) is 106 Å². The molecule has 1 unspecified atom stereocenters. The summed E-state index contributed by atoms with van der Waals surface area (Å²) in [5.41, 5.74) is 0. The molecule has 308 valence electrons. The van der Waals surface area contributed by atoms with Crippen molar-refractivity contribution in [1.82, 2.24) is 0 Å². The molecular weight excluding hydrogens is 669 g/mol. The van der Waals surface area contributed by atoms with Gasteiger partial charge in [-0.1, -0.05) is 176 Å². The monoisotopic (exact) mass is 751 g/mol. The lowest BCUT2D eigenvalue weighted by Crippen LogP contribution is -2.30. The molecule has 54 heavy (non-hydrogen) atoms. The summed E-state index contributed by atoms with van der Waals surface area (Å²) in [5, 5.41) is 0. The number of carbonyl (C=O) groups excluding carboxylic acids is 2. The lowest BCUT2D eigenvalue weighted by Gasteiger charge is -2.18. The van der Waals surface area contributed by atoms with Gasteiger partial charge in [-0.15, -0.1) is 0 Å². The minimum absolute atomic E-state index is 0.0517. The van der Waals surface area contributed by atoms with Gasteiger partial charge in [0.2, 0.25) is 0 Å². The number of carbonyl (C=O) groups is 2. The Hall–Kier alpha value is -2.92. The maximum absolute atomic E-state index is 12.7. The average molecular weight is 751 g/mol. The van der Waals surface area contributed by atoms with Gasteiger partial charge < -0.3 is 14.2 Å². The quantitative estimate of drug-likeness (QED) is 0.0356. The van der Waals surface area contributed by atoms with Crippen LogP contribution in [0.4, 0.5) is 0 Å². The number of hydrogen-bond donors (Lipinski definition) is 0. The molecule has 0 saturated carbocycles. The highest BCUT2D eigenvalue weighted by Gasteiger charge is 2.17. The minimum atomic E-state index is -0.571. The Labute approximate surface area is 333 Å². The van der Waals surface area contributed by atoms with Crippen molar-refractivity contribution in [3.05, 3.63) is 85.1 Å². The Morgan fingerprint density at radius 1 is 0.426 bits per heavy atom. The molecule has 0 bridgehead atoms. The van der Waals surface area contributed by atoms with Gasteiger partial charge in [-0.25, -0.2) is 0 Å². The minimum Gasteiger partial charge on any atom is -0.462 e. The van der Waals surface area contributed by atoms with Crippen molar-refractivity contribution in [3.63, 3.8) is 0 Å². The van der Waals surface area contributed by atoms with Gasteiger partial charge in [-0.05, 0) is 83.5 Å². The zero-order valence-corrected chi connectivity index (χ0v) is 35.2. The Kier molecular flexibility index (Phi) is 42.1. The van der Waals surface area contributed by atoms with Crippen LogP contribution in [0.5, 0.6) is 0 Å². The third kappa shape index (κ3) is 41.8. The summed E-state index contributed by atoms with van der Waals surface area (Å²) in [6.07, 6.45) is 57.4. The van der Waals surface area contributed by atoms with Crippen molar-refractivity contribution < 1.29 is 23.8 Å². The first-order valence-electron chi connectivity index (χ1n) is 22.1. The first kappa shape index (κ1) is 51.1. The highest BCUT2D eigenvalue weighted by molar-refractivity contribution is 5.70. The summed E-state index contributed by atoms with van der Waals surface area (Å²) in [6.45, 7) is 7.41. The maximum Gasteiger partial charge on any atom is 0.306 e. The van der Waals surface area contributed by atoms with E-state index in [0.717, 1.165) is 103 Å². The van der Waals surface area contributed by atoms with E-state index in [-0.39, 0.29) is 25.2 Å². The number of ether oxygens (including phenoxy) is 3. The molecule has 0 aliphatic heterocycles. The van der Waals surface area contributed by atoms with Gasteiger partial charge in [-0.3, -0.25) is 9.59 Å². The number of unbranched alkanes of at least 4 members (excludes halogenated alkanes) is 14. The van der Waals surface area contributed by atoms with E-state index in [9.17, 15) is 9.59 Å². The highest BCUT2D eigenvalue weighted by Crippen LogP contribution is 2.12. The second kappa shape index (κ2) is 44.5. The Balaban J connectivity index is 4.35. The molecule has 0 aliphatic carbocycles. The van der Waals surface area contributed by atoms with E-state index >= 15 is 0 Å². The second-order valence-electron chi connectivity index (χ2n) is 14.2. The number of allylic oxidation sites excluding steroid dienone is 14. The molecule has 0 heterocycles. The van der Waals surface area contributed by atoms with Gasteiger partial charge in [-0.2, -0.15) is 0 Å². The van der Waals surface area contributed by atoms with Crippen LogP contribution in [0.1, 0.15) is 188 Å². The Morgan fingerprint density at radius 3 is 1.33 bits per heavy atom. The molecule has 0 saturated heterocycles. The molecular formula is C49H82O5. The summed E-state index contributed by atoms with van der Waals surface area (Å²) in [6, 6.07) is 0. The Morgan fingerprint density at radius 2 is 0.833 bits per heavy atom. The standard InChI is InChI=1S/C49H82O5/c1-4-7-10-13-16-19-21-23-25-26-28-31-33-36-39-42-48(50)53-46-47(54-49(51)43-40-37-34-30-18-15-12-9-6-3)45-52-44-41-38-35-32-29-27-24-22-20-17-14-11-8-5-2/h7-8,10-11,16-17,19-20,23-25,27,32,35,47H,4-6,9,12-15,18,21-22,26,28-31,33-34,36-46H2,1-3H3/b10-7-,11-8-,19-16-,20-17-,25-23-,27-24-,35-32-. The molecule has 0 spiro atoms. The predicted octanol–water partition coefficient (Wildman–Crippen LogP) is 14.6. The van der Waals surface area contributed by atoms with Gasteiger partial charge in [0.25, 0.3) is 0 Å². The third-order valence-electron chi connectivity index (χ3n) is 8.93. The second-order valence-corrected chi connectivity index (χ2v) is 14.2. The molecule has 0 radical (unpaired) electrons. The summed E-state index contributed by atoms with van der Waals surface area (Å²) in [4.78, 5) is 25.2. The van der Waals surface area contributed by atoms with E-state index in [0.29, 0.717) is 19.4 Å². The van der Waals surface area contributed by atoms with Crippen molar-refractivity contribution in [2.24, 2.45) is 0 Å². The highest BCUT2D eigenvalue weighted by atomic mass is 16.6. The topological polar surface area (TPSA) is 61.8 Å². The molecule has 5 heteroatoms. The third-order valence-corrected chi connectivity index (χ3v) is 8.93. The number of rotatable bonds is 39. The van der Waals surface area contributed by atoms with Crippen molar-refractivity contribution in [1.29, 1.82) is 0 Å². The van der Waals surface area contributed by atoms with Crippen molar-refractivity contribution in [3.8, 4) is 0 Å². The van der Waals surface area contributed by atoms with Gasteiger partial charge in [0.15, 0.2) is 6.10 Å². The average Bonchev–Trinajstić information content (AvgIpc) is 3.17. The van der Waals surface area contributed by atoms with E-state index in [4.69, 9.17) is 14.2 Å². The molecule has 0 aromatic heterocycles. The fourth-order valence-corrected chi connectivity index (χ4v) is 5.70. The van der Waals surface area contributed by atoms with Crippen molar-refractivity contribution in [2.45, 2.75) is 194 Å². The van der Waals surface area contributed by atoms with Crippen LogP contribution in [0, 0.1) is 0 Å². The molecule has 0 rings (SSSR count). The van der Waals surface area contributed by atoms with E-state index < -0.39 is 6.10 Å². The van der Waals surface area contributed by atoms with Crippen LogP contribution >= 0.6 is 0 Å². The summed E-state index contributed by atoms with van der Waals surface area (Å²) in [7, 11) is 0. The molecule has 0 aliphatic rings. The van der Waals surface area contributed by atoms with Crippen LogP contribution in [0.15, 0.2) is 85.1 Å². The molecule has 0 N–H and O–H groups in total. The fraction of sp³-hybridized carbons (Fsp3) is 0.673. The van der Waals surface area contributed by atoms with Crippen molar-refractivity contribution >= 4 is 11.9 Å². The van der Waals surface area contributed by atoms with Crippen LogP contribution in [0.2, 0.25) is 0 Å². The SMILES string of the molecule is CC/C=C\C/C=C\C/C=C\C/C=C\CCCOCC(COC(=O)CCCCCCC/C=C\C/C=C\C/C=C\CC)OC(=O)CCCCCCCCCCC. The van der Waals surface area contributed by atoms with Crippen LogP contribution in [-0.4, -0.2) is 37.9 Å². The van der Waals surface area contributed by atoms with Gasteiger partial charge >= 0.3 is 11.9 Å². The Bertz CT molecular complexity index is 1030. The largest absolute Gasteiger partial charge is 0.462 e. The van der Waals surface area contributed by atoms with Crippen molar-refractivity contribution in [2.75, 3.05) is 19.8 Å². The van der Waals surface area contributed by atoms with Gasteiger partial charge in [0, 0.05) is 19.4 Å². The smallest absolute Gasteiger partial charge is 0.306 e. The van der Waals surface area contributed by atoms with E-state index in [1.807, 2.05) is 0 Å². The van der Waals surface area contributed by atoms with Crippen LogP contribution in [-0.2, 0) is 23.8 Å². The van der Waals surface area contributed by atoms with E-state index in [1.54, 1.807) is 0 Å². The molecule has 1 atom stereocenters. The summed E-state index contributed by atoms with van der Waals surface area (Å²) in [5.74, 6) is -0.455.